The standard InChI is InChI=1S/C19H20O7/c1-22-11-24-14-6-4-13(8-16(14)23-2)19-18(10-21)25-15-5-3-12(9-20)7-17(15)26-19/h3-9,18-19,21H,10-11H2,1-2H3/t18-,19-/m1/s1. The van der Waals surface area contributed by atoms with Crippen molar-refractivity contribution in [3.63, 3.8) is 0 Å². The van der Waals surface area contributed by atoms with Gasteiger partial charge in [0.25, 0.3) is 0 Å². The molecule has 1 aliphatic heterocycles. The first kappa shape index (κ1) is 18.0. The minimum atomic E-state index is -0.597. The summed E-state index contributed by atoms with van der Waals surface area (Å²) in [6.45, 7) is -0.135. The van der Waals surface area contributed by atoms with Crippen molar-refractivity contribution in [2.45, 2.75) is 12.2 Å². The highest BCUT2D eigenvalue weighted by atomic mass is 16.7. The molecule has 0 saturated carbocycles. The number of benzene rings is 2. The largest absolute Gasteiger partial charge is 0.493 e. The van der Waals surface area contributed by atoms with Crippen molar-refractivity contribution in [1.29, 1.82) is 0 Å². The normalized spacial score (nSPS) is 18.3. The van der Waals surface area contributed by atoms with Crippen molar-refractivity contribution in [2.75, 3.05) is 27.6 Å². The van der Waals surface area contributed by atoms with Crippen molar-refractivity contribution < 1.29 is 33.6 Å². The highest BCUT2D eigenvalue weighted by Crippen LogP contribution is 2.41. The summed E-state index contributed by atoms with van der Waals surface area (Å²) in [4.78, 5) is 11.0. The molecule has 1 heterocycles. The Labute approximate surface area is 151 Å². The first-order chi connectivity index (χ1) is 12.7. The minimum absolute atomic E-state index is 0.0971. The summed E-state index contributed by atoms with van der Waals surface area (Å²) in [7, 11) is 3.07. The van der Waals surface area contributed by atoms with E-state index in [9.17, 15) is 9.90 Å². The summed E-state index contributed by atoms with van der Waals surface area (Å²) >= 11 is 0. The summed E-state index contributed by atoms with van der Waals surface area (Å²) in [6.07, 6.45) is -0.429. The molecule has 0 saturated heterocycles. The predicted octanol–water partition coefficient (Wildman–Crippen LogP) is 2.36. The van der Waals surface area contributed by atoms with Crippen molar-refractivity contribution in [1.82, 2.24) is 0 Å². The van der Waals surface area contributed by atoms with Gasteiger partial charge in [-0.25, -0.2) is 0 Å². The Bertz CT molecular complexity index is 774. The Morgan fingerprint density at radius 3 is 2.62 bits per heavy atom. The summed E-state index contributed by atoms with van der Waals surface area (Å²) in [5, 5.41) is 9.71. The molecule has 138 valence electrons. The number of carbonyl (C=O) groups excluding carboxylic acids is 1. The number of rotatable bonds is 7. The van der Waals surface area contributed by atoms with Crippen molar-refractivity contribution in [3.05, 3.63) is 47.5 Å². The van der Waals surface area contributed by atoms with Gasteiger partial charge in [-0.1, -0.05) is 6.07 Å². The quantitative estimate of drug-likeness (QED) is 0.599. The summed E-state index contributed by atoms with van der Waals surface area (Å²) in [6, 6.07) is 10.2. The van der Waals surface area contributed by atoms with Crippen LogP contribution in [-0.4, -0.2) is 45.1 Å². The fourth-order valence-corrected chi connectivity index (χ4v) is 2.74. The molecular weight excluding hydrogens is 340 g/mol. The Morgan fingerprint density at radius 1 is 1.08 bits per heavy atom. The van der Waals surface area contributed by atoms with Crippen LogP contribution >= 0.6 is 0 Å². The number of aliphatic hydroxyl groups excluding tert-OH is 1. The Kier molecular flexibility index (Phi) is 5.60. The maximum Gasteiger partial charge on any atom is 0.188 e. The lowest BCUT2D eigenvalue weighted by molar-refractivity contribution is -0.0125. The van der Waals surface area contributed by atoms with Crippen LogP contribution < -0.4 is 18.9 Å². The molecule has 7 heteroatoms. The van der Waals surface area contributed by atoms with Crippen LogP contribution in [0.4, 0.5) is 0 Å². The monoisotopic (exact) mass is 360 g/mol. The molecule has 2 aromatic carbocycles. The van der Waals surface area contributed by atoms with Crippen LogP contribution in [0.3, 0.4) is 0 Å². The number of ether oxygens (including phenoxy) is 5. The van der Waals surface area contributed by atoms with Gasteiger partial charge in [-0.2, -0.15) is 0 Å². The van der Waals surface area contributed by atoms with Gasteiger partial charge in [-0.3, -0.25) is 4.79 Å². The third-order valence-electron chi connectivity index (χ3n) is 4.00. The highest BCUT2D eigenvalue weighted by Gasteiger charge is 2.33. The van der Waals surface area contributed by atoms with E-state index in [-0.39, 0.29) is 13.4 Å². The van der Waals surface area contributed by atoms with E-state index in [0.717, 1.165) is 11.8 Å². The Balaban J connectivity index is 1.92. The number of aliphatic hydroxyl groups is 1. The fourth-order valence-electron chi connectivity index (χ4n) is 2.74. The van der Waals surface area contributed by atoms with Crippen LogP contribution in [0.2, 0.25) is 0 Å². The molecular formula is C19H20O7. The fraction of sp³-hybridized carbons (Fsp3) is 0.316. The van der Waals surface area contributed by atoms with E-state index in [1.807, 2.05) is 0 Å². The zero-order valence-corrected chi connectivity index (χ0v) is 14.5. The smallest absolute Gasteiger partial charge is 0.188 e. The van der Waals surface area contributed by atoms with Gasteiger partial charge in [-0.15, -0.1) is 0 Å². The molecule has 26 heavy (non-hydrogen) atoms. The van der Waals surface area contributed by atoms with Crippen LogP contribution in [0, 0.1) is 0 Å². The van der Waals surface area contributed by atoms with E-state index in [2.05, 4.69) is 0 Å². The Morgan fingerprint density at radius 2 is 1.92 bits per heavy atom. The second kappa shape index (κ2) is 8.07. The first-order valence-electron chi connectivity index (χ1n) is 8.03. The predicted molar refractivity (Wildman–Crippen MR) is 92.2 cm³/mol. The lowest BCUT2D eigenvalue weighted by Crippen LogP contribution is -2.36. The molecule has 2 atom stereocenters. The minimum Gasteiger partial charge on any atom is -0.493 e. The average molecular weight is 360 g/mol. The Hall–Kier alpha value is -2.77. The van der Waals surface area contributed by atoms with Gasteiger partial charge in [-0.05, 0) is 30.3 Å². The molecule has 3 rings (SSSR count). The van der Waals surface area contributed by atoms with Crippen LogP contribution in [0.25, 0.3) is 0 Å². The lowest BCUT2D eigenvalue weighted by Gasteiger charge is -2.33. The maximum atomic E-state index is 11.0. The SMILES string of the molecule is COCOc1ccc([C@H]2Oc3cc(C=O)ccc3O[C@@H]2CO)cc1OC. The third-order valence-corrected chi connectivity index (χ3v) is 4.00. The lowest BCUT2D eigenvalue weighted by atomic mass is 10.0. The molecule has 0 unspecified atom stereocenters. The topological polar surface area (TPSA) is 83.5 Å². The van der Waals surface area contributed by atoms with Crippen LogP contribution in [-0.2, 0) is 4.74 Å². The van der Waals surface area contributed by atoms with Gasteiger partial charge in [0.05, 0.1) is 13.7 Å². The molecule has 1 N–H and O–H groups in total. The number of hydrogen-bond donors (Lipinski definition) is 1. The van der Waals surface area contributed by atoms with E-state index >= 15 is 0 Å². The van der Waals surface area contributed by atoms with Crippen LogP contribution in [0.5, 0.6) is 23.0 Å². The van der Waals surface area contributed by atoms with E-state index in [0.29, 0.717) is 28.6 Å². The first-order valence-corrected chi connectivity index (χ1v) is 8.03. The van der Waals surface area contributed by atoms with Crippen molar-refractivity contribution >= 4 is 6.29 Å². The zero-order chi connectivity index (χ0) is 18.5. The molecule has 2 aromatic rings. The number of aldehydes is 1. The maximum absolute atomic E-state index is 11.0. The molecule has 0 fully saturated rings. The summed E-state index contributed by atoms with van der Waals surface area (Å²) in [5.74, 6) is 1.96. The van der Waals surface area contributed by atoms with Crippen LogP contribution in [0.15, 0.2) is 36.4 Å². The molecule has 0 amide bonds. The van der Waals surface area contributed by atoms with Gasteiger partial charge in [0.2, 0.25) is 0 Å². The van der Waals surface area contributed by atoms with E-state index < -0.39 is 12.2 Å². The average Bonchev–Trinajstić information content (AvgIpc) is 2.70. The van der Waals surface area contributed by atoms with E-state index in [1.165, 1.54) is 14.2 Å². The number of fused-ring (bicyclic) bond motifs is 1. The van der Waals surface area contributed by atoms with Gasteiger partial charge in [0.1, 0.15) is 6.29 Å². The molecule has 0 spiro atoms. The summed E-state index contributed by atoms with van der Waals surface area (Å²) in [5.41, 5.74) is 1.22. The van der Waals surface area contributed by atoms with Gasteiger partial charge in [0.15, 0.2) is 42.0 Å². The zero-order valence-electron chi connectivity index (χ0n) is 14.5. The molecule has 7 nitrogen and oxygen atoms in total. The van der Waals surface area contributed by atoms with E-state index in [4.69, 9.17) is 23.7 Å². The van der Waals surface area contributed by atoms with Crippen LogP contribution in [0.1, 0.15) is 22.0 Å². The molecule has 1 aliphatic rings. The molecule has 0 aromatic heterocycles. The van der Waals surface area contributed by atoms with Gasteiger partial charge < -0.3 is 28.8 Å². The molecule has 0 bridgehead atoms. The molecule has 0 radical (unpaired) electrons. The van der Waals surface area contributed by atoms with Crippen molar-refractivity contribution in [3.8, 4) is 23.0 Å². The highest BCUT2D eigenvalue weighted by molar-refractivity contribution is 5.76. The molecule has 0 aliphatic carbocycles. The van der Waals surface area contributed by atoms with Gasteiger partial charge in [0, 0.05) is 18.2 Å². The number of methoxy groups -OCH3 is 2. The van der Waals surface area contributed by atoms with Gasteiger partial charge >= 0.3 is 0 Å². The number of carbonyl (C=O) groups is 1. The summed E-state index contributed by atoms with van der Waals surface area (Å²) < 4.78 is 27.6. The number of hydrogen-bond acceptors (Lipinski definition) is 7. The van der Waals surface area contributed by atoms with Crippen molar-refractivity contribution in [2.24, 2.45) is 0 Å². The second-order valence-electron chi connectivity index (χ2n) is 5.66. The van der Waals surface area contributed by atoms with E-state index in [1.54, 1.807) is 36.4 Å². The second-order valence-corrected chi connectivity index (χ2v) is 5.66. The third kappa shape index (κ3) is 3.58.